The Labute approximate surface area is 220 Å². The van der Waals surface area contributed by atoms with E-state index in [1.807, 2.05) is 0 Å². The molecule has 0 bridgehead atoms. The highest BCUT2D eigenvalue weighted by atomic mass is 32.1. The highest BCUT2D eigenvalue weighted by molar-refractivity contribution is 7.10. The molecule has 0 spiro atoms. The van der Waals surface area contributed by atoms with Gasteiger partial charge in [-0.05, 0) is 50.5 Å². The van der Waals surface area contributed by atoms with Gasteiger partial charge >= 0.3 is 6.18 Å². The molecule has 1 fully saturated rings. The first-order valence-electron chi connectivity index (χ1n) is 12.0. The molecule has 0 saturated carbocycles. The number of nitrogens with zero attached hydrogens (tertiary/aromatic N) is 5. The van der Waals surface area contributed by atoms with Crippen LogP contribution in [0, 0.1) is 12.8 Å². The topological polar surface area (TPSA) is 105 Å². The molecule has 0 radical (unpaired) electrons. The van der Waals surface area contributed by atoms with Crippen molar-refractivity contribution in [3.8, 4) is 5.88 Å². The number of carbonyl (C=O) groups excluding carboxylic acids is 1. The Hall–Kier alpha value is -3.39. The van der Waals surface area contributed by atoms with Crippen molar-refractivity contribution < 1.29 is 27.1 Å². The molecule has 3 aromatic heterocycles. The average molecular weight is 554 g/mol. The van der Waals surface area contributed by atoms with Crippen LogP contribution < -0.4 is 15.4 Å². The highest BCUT2D eigenvalue weighted by Gasteiger charge is 2.33. The summed E-state index contributed by atoms with van der Waals surface area (Å²) in [6.07, 6.45) is -0.877. The Morgan fingerprint density at radius 1 is 1.21 bits per heavy atom. The van der Waals surface area contributed by atoms with Crippen molar-refractivity contribution in [2.24, 2.45) is 5.92 Å². The third-order valence-electron chi connectivity index (χ3n) is 6.01. The second-order valence-electron chi connectivity index (χ2n) is 8.90. The van der Waals surface area contributed by atoms with Crippen LogP contribution in [0.1, 0.15) is 41.5 Å². The minimum Gasteiger partial charge on any atom is -0.477 e. The molecule has 2 N–H and O–H groups in total. The first kappa shape index (κ1) is 27.6. The zero-order valence-corrected chi connectivity index (χ0v) is 21.6. The number of likely N-dealkylation sites (tertiary alicyclic amines) is 1. The molecule has 9 nitrogen and oxygen atoms in total. The first-order chi connectivity index (χ1) is 18.1. The van der Waals surface area contributed by atoms with Crippen molar-refractivity contribution >= 4 is 33.9 Å². The van der Waals surface area contributed by atoms with Gasteiger partial charge in [0.05, 0.1) is 42.1 Å². The normalized spacial score (nSPS) is 18.3. The minimum absolute atomic E-state index is 0.0328. The summed E-state index contributed by atoms with van der Waals surface area (Å²) in [7, 11) is 0. The number of alkyl halides is 4. The number of anilines is 3. The Bertz CT molecular complexity index is 1220. The summed E-state index contributed by atoms with van der Waals surface area (Å²) in [6, 6.07) is 3.20. The predicted molar refractivity (Wildman–Crippen MR) is 135 cm³/mol. The summed E-state index contributed by atoms with van der Waals surface area (Å²) in [6.45, 7) is 6.09. The minimum atomic E-state index is -4.60. The molecule has 1 amide bonds. The maximum absolute atomic E-state index is 14.5. The monoisotopic (exact) mass is 553 g/mol. The summed E-state index contributed by atoms with van der Waals surface area (Å²) < 4.78 is 62.5. The van der Waals surface area contributed by atoms with E-state index in [-0.39, 0.29) is 23.9 Å². The predicted octanol–water partition coefficient (Wildman–Crippen LogP) is 5.10. The molecule has 204 valence electrons. The first-order valence-corrected chi connectivity index (χ1v) is 12.8. The Morgan fingerprint density at radius 2 is 2.03 bits per heavy atom. The summed E-state index contributed by atoms with van der Waals surface area (Å²) >= 11 is 0.964. The lowest BCUT2D eigenvalue weighted by Gasteiger charge is -2.34. The number of nitrogens with one attached hydrogen (secondary N) is 2. The summed E-state index contributed by atoms with van der Waals surface area (Å²) in [5, 5.41) is 5.81. The summed E-state index contributed by atoms with van der Waals surface area (Å²) in [5.74, 6) is -0.333. The van der Waals surface area contributed by atoms with Gasteiger partial charge in [0.1, 0.15) is 17.0 Å². The molecule has 1 unspecified atom stereocenters. The van der Waals surface area contributed by atoms with Crippen LogP contribution >= 0.6 is 11.5 Å². The van der Waals surface area contributed by atoms with Gasteiger partial charge < -0.3 is 20.3 Å². The van der Waals surface area contributed by atoms with Crippen molar-refractivity contribution in [1.29, 1.82) is 0 Å². The molecule has 1 aliphatic heterocycles. The zero-order chi connectivity index (χ0) is 27.3. The number of halogens is 4. The highest BCUT2D eigenvalue weighted by Crippen LogP contribution is 2.30. The molecular formula is C24H27F4N7O2S. The molecule has 1 saturated heterocycles. The van der Waals surface area contributed by atoms with Crippen LogP contribution in [0.5, 0.6) is 5.88 Å². The van der Waals surface area contributed by atoms with Gasteiger partial charge in [-0.15, -0.1) is 0 Å². The largest absolute Gasteiger partial charge is 0.477 e. The van der Waals surface area contributed by atoms with Gasteiger partial charge in [-0.2, -0.15) is 17.5 Å². The third kappa shape index (κ3) is 6.92. The number of piperidine rings is 1. The van der Waals surface area contributed by atoms with Gasteiger partial charge in [-0.1, -0.05) is 6.92 Å². The standard InChI is InChI=1S/C24H27F4N7O2S/c1-3-7-35-8-6-15(17(25)12-35)13-37-20-5-4-16(9-31-20)32-22(36)21-14(2)34-38-23(21)33-19-11-29-18(10-30-19)24(26,27)28/h4-5,9-11,15,17H,3,6-8,12-13H2,1-2H3,(H,30,33)(H,32,36)/t15?,17-/m0/s1. The van der Waals surface area contributed by atoms with Crippen molar-refractivity contribution in [2.75, 3.05) is 36.9 Å². The van der Waals surface area contributed by atoms with Crippen molar-refractivity contribution in [3.63, 3.8) is 0 Å². The lowest BCUT2D eigenvalue weighted by molar-refractivity contribution is -0.141. The Kier molecular flexibility index (Phi) is 8.72. The van der Waals surface area contributed by atoms with E-state index in [9.17, 15) is 22.4 Å². The Balaban J connectivity index is 1.33. The van der Waals surface area contributed by atoms with E-state index >= 15 is 0 Å². The van der Waals surface area contributed by atoms with Gasteiger partial charge in [-0.25, -0.2) is 19.3 Å². The zero-order valence-electron chi connectivity index (χ0n) is 20.8. The van der Waals surface area contributed by atoms with Crippen LogP contribution in [-0.4, -0.2) is 62.5 Å². The molecule has 14 heteroatoms. The van der Waals surface area contributed by atoms with Crippen LogP contribution in [0.15, 0.2) is 30.7 Å². The lowest BCUT2D eigenvalue weighted by Crippen LogP contribution is -2.43. The molecule has 1 aliphatic rings. The fourth-order valence-corrected chi connectivity index (χ4v) is 4.83. The number of rotatable bonds is 9. The van der Waals surface area contributed by atoms with E-state index in [0.29, 0.717) is 35.0 Å². The fourth-order valence-electron chi connectivity index (χ4n) is 4.03. The molecule has 3 aromatic rings. The van der Waals surface area contributed by atoms with Crippen LogP contribution in [-0.2, 0) is 6.18 Å². The SMILES string of the molecule is CCCN1CCC(COc2ccc(NC(=O)c3c(C)nsc3Nc3cnc(C(F)(F)F)cn3)cn2)[C@@H](F)C1. The number of pyridine rings is 1. The smallest absolute Gasteiger partial charge is 0.434 e. The number of carbonyl (C=O) groups is 1. The van der Waals surface area contributed by atoms with E-state index in [1.165, 1.54) is 6.20 Å². The van der Waals surface area contributed by atoms with E-state index in [4.69, 9.17) is 4.74 Å². The van der Waals surface area contributed by atoms with E-state index in [0.717, 1.165) is 43.7 Å². The van der Waals surface area contributed by atoms with E-state index in [2.05, 4.69) is 41.8 Å². The van der Waals surface area contributed by atoms with Crippen molar-refractivity contribution in [2.45, 2.75) is 39.0 Å². The number of hydrogen-bond donors (Lipinski definition) is 2. The number of hydrogen-bond acceptors (Lipinski definition) is 9. The van der Waals surface area contributed by atoms with Gasteiger partial charge in [0.25, 0.3) is 5.91 Å². The van der Waals surface area contributed by atoms with Crippen LogP contribution in [0.4, 0.5) is 34.1 Å². The summed E-state index contributed by atoms with van der Waals surface area (Å²) in [5.41, 5.74) is -0.0956. The van der Waals surface area contributed by atoms with E-state index < -0.39 is 23.9 Å². The van der Waals surface area contributed by atoms with Gasteiger partial charge in [0, 0.05) is 18.5 Å². The lowest BCUT2D eigenvalue weighted by atomic mass is 9.96. The van der Waals surface area contributed by atoms with Gasteiger partial charge in [0.2, 0.25) is 5.88 Å². The molecule has 0 aliphatic carbocycles. The third-order valence-corrected chi connectivity index (χ3v) is 6.87. The molecule has 38 heavy (non-hydrogen) atoms. The number of amides is 1. The molecule has 2 atom stereocenters. The number of aryl methyl sites for hydroxylation is 1. The van der Waals surface area contributed by atoms with Crippen molar-refractivity contribution in [1.82, 2.24) is 24.2 Å². The number of aromatic nitrogens is 4. The number of ether oxygens (including phenoxy) is 1. The fraction of sp³-hybridized carbons (Fsp3) is 0.458. The second-order valence-corrected chi connectivity index (χ2v) is 9.67. The Morgan fingerprint density at radius 3 is 2.66 bits per heavy atom. The summed E-state index contributed by atoms with van der Waals surface area (Å²) in [4.78, 5) is 26.3. The molecule has 4 heterocycles. The average Bonchev–Trinajstić information content (AvgIpc) is 3.24. The second kappa shape index (κ2) is 12.0. The molecule has 4 rings (SSSR count). The van der Waals surface area contributed by atoms with Gasteiger partial charge in [0.15, 0.2) is 5.69 Å². The van der Waals surface area contributed by atoms with Crippen LogP contribution in [0.2, 0.25) is 0 Å². The maximum Gasteiger partial charge on any atom is 0.434 e. The van der Waals surface area contributed by atoms with E-state index in [1.54, 1.807) is 19.1 Å². The quantitative estimate of drug-likeness (QED) is 0.353. The van der Waals surface area contributed by atoms with Crippen LogP contribution in [0.25, 0.3) is 0 Å². The van der Waals surface area contributed by atoms with Gasteiger partial charge in [-0.3, -0.25) is 4.79 Å². The van der Waals surface area contributed by atoms with Crippen LogP contribution in [0.3, 0.4) is 0 Å². The molecular weight excluding hydrogens is 526 g/mol. The molecule has 0 aromatic carbocycles. The maximum atomic E-state index is 14.5. The van der Waals surface area contributed by atoms with Crippen molar-refractivity contribution in [3.05, 3.63) is 47.7 Å².